The molecule has 206 valence electrons. The van der Waals surface area contributed by atoms with E-state index in [1.165, 1.54) is 12.1 Å². The number of methoxy groups -OCH3 is 1. The van der Waals surface area contributed by atoms with Gasteiger partial charge in [0, 0.05) is 43.9 Å². The predicted molar refractivity (Wildman–Crippen MR) is 148 cm³/mol. The Balaban J connectivity index is 1.70. The van der Waals surface area contributed by atoms with E-state index < -0.39 is 17.4 Å². The first-order valence-electron chi connectivity index (χ1n) is 13.3. The van der Waals surface area contributed by atoms with Crippen LogP contribution < -0.4 is 9.91 Å². The van der Waals surface area contributed by atoms with Gasteiger partial charge in [0.05, 0.1) is 24.2 Å². The zero-order valence-electron chi connectivity index (χ0n) is 22.4. The summed E-state index contributed by atoms with van der Waals surface area (Å²) in [6.07, 6.45) is 6.01. The van der Waals surface area contributed by atoms with Crippen LogP contribution in [0.5, 0.6) is 0 Å². The standard InChI is InChI=1S/C30H35N3O6/c1-21(10-7-9-19-34)30(38)24-20-23(33-27(35)17-15-25(31-33)22-11-4-3-5-12-22)14-16-26(24)32(29(30)37)18-8-6-13-28(36)39-2/h3-5,7,10-12,14,16,20-21,34,38H,6,8-9,13,15,17-19H2,1-2H3/b10-7+/t21-,30+/m1/s1. The van der Waals surface area contributed by atoms with Crippen LogP contribution in [0.25, 0.3) is 0 Å². The van der Waals surface area contributed by atoms with Crippen LogP contribution in [0.3, 0.4) is 0 Å². The van der Waals surface area contributed by atoms with Crippen molar-refractivity contribution in [2.24, 2.45) is 11.0 Å². The molecule has 2 heterocycles. The Labute approximate surface area is 228 Å². The average Bonchev–Trinajstić information content (AvgIpc) is 3.18. The van der Waals surface area contributed by atoms with Gasteiger partial charge in [-0.05, 0) is 43.0 Å². The number of aliphatic hydroxyl groups is 2. The van der Waals surface area contributed by atoms with E-state index >= 15 is 0 Å². The summed E-state index contributed by atoms with van der Waals surface area (Å²) in [4.78, 5) is 39.7. The summed E-state index contributed by atoms with van der Waals surface area (Å²) in [5.74, 6) is -1.55. The summed E-state index contributed by atoms with van der Waals surface area (Å²) in [6, 6.07) is 14.8. The highest BCUT2D eigenvalue weighted by molar-refractivity contribution is 6.10. The van der Waals surface area contributed by atoms with Crippen molar-refractivity contribution in [1.82, 2.24) is 0 Å². The van der Waals surface area contributed by atoms with Crippen LogP contribution >= 0.6 is 0 Å². The molecule has 39 heavy (non-hydrogen) atoms. The first-order valence-corrected chi connectivity index (χ1v) is 13.3. The lowest BCUT2D eigenvalue weighted by atomic mass is 9.82. The van der Waals surface area contributed by atoms with Gasteiger partial charge in [-0.1, -0.05) is 49.4 Å². The first-order chi connectivity index (χ1) is 18.8. The Hall–Kier alpha value is -3.82. The minimum absolute atomic E-state index is 0.0402. The third kappa shape index (κ3) is 5.79. The van der Waals surface area contributed by atoms with E-state index in [1.807, 2.05) is 30.3 Å². The molecule has 0 aromatic heterocycles. The molecule has 2 N–H and O–H groups in total. The molecule has 2 amide bonds. The molecule has 2 aliphatic rings. The zero-order chi connectivity index (χ0) is 28.0. The fraction of sp³-hybridized carbons (Fsp3) is 0.400. The fourth-order valence-corrected chi connectivity index (χ4v) is 5.04. The van der Waals surface area contributed by atoms with Crippen molar-refractivity contribution in [3.05, 3.63) is 71.8 Å². The van der Waals surface area contributed by atoms with E-state index in [-0.39, 0.29) is 24.9 Å². The van der Waals surface area contributed by atoms with Gasteiger partial charge in [-0.15, -0.1) is 0 Å². The number of anilines is 2. The topological polar surface area (TPSA) is 120 Å². The highest BCUT2D eigenvalue weighted by atomic mass is 16.5. The molecule has 2 aromatic carbocycles. The molecule has 0 saturated heterocycles. The fourth-order valence-electron chi connectivity index (χ4n) is 5.04. The number of hydrogen-bond acceptors (Lipinski definition) is 7. The molecule has 2 atom stereocenters. The smallest absolute Gasteiger partial charge is 0.305 e. The number of esters is 1. The van der Waals surface area contributed by atoms with E-state index in [0.29, 0.717) is 55.6 Å². The minimum atomic E-state index is -1.87. The Kier molecular flexibility index (Phi) is 8.93. The van der Waals surface area contributed by atoms with E-state index in [2.05, 4.69) is 5.10 Å². The van der Waals surface area contributed by atoms with E-state index in [1.54, 1.807) is 42.2 Å². The molecular weight excluding hydrogens is 498 g/mol. The number of rotatable bonds is 11. The number of aliphatic hydroxyl groups excluding tert-OH is 1. The molecule has 0 unspecified atom stereocenters. The second-order valence-corrected chi connectivity index (χ2v) is 9.81. The third-order valence-corrected chi connectivity index (χ3v) is 7.26. The number of ether oxygens (including phenoxy) is 1. The van der Waals surface area contributed by atoms with Crippen molar-refractivity contribution < 1.29 is 29.3 Å². The van der Waals surface area contributed by atoms with Crippen molar-refractivity contribution in [2.75, 3.05) is 30.2 Å². The lowest BCUT2D eigenvalue weighted by Crippen LogP contribution is -2.44. The summed E-state index contributed by atoms with van der Waals surface area (Å²) in [7, 11) is 1.34. The molecule has 0 saturated carbocycles. The summed E-state index contributed by atoms with van der Waals surface area (Å²) in [5.41, 5.74) is 1.28. The first kappa shape index (κ1) is 28.2. The molecular formula is C30H35N3O6. The maximum absolute atomic E-state index is 13.7. The van der Waals surface area contributed by atoms with Crippen LogP contribution in [0.4, 0.5) is 11.4 Å². The van der Waals surface area contributed by atoms with E-state index in [9.17, 15) is 24.6 Å². The maximum atomic E-state index is 13.7. The lowest BCUT2D eigenvalue weighted by Gasteiger charge is -2.28. The normalized spacial score (nSPS) is 19.8. The second-order valence-electron chi connectivity index (χ2n) is 9.81. The molecule has 4 rings (SSSR count). The van der Waals surface area contributed by atoms with Gasteiger partial charge in [-0.2, -0.15) is 5.10 Å². The van der Waals surface area contributed by atoms with Gasteiger partial charge in [0.2, 0.25) is 5.91 Å². The molecule has 2 aliphatic heterocycles. The summed E-state index contributed by atoms with van der Waals surface area (Å²) < 4.78 is 4.70. The average molecular weight is 534 g/mol. The quantitative estimate of drug-likeness (QED) is 0.258. The molecule has 9 heteroatoms. The number of fused-ring (bicyclic) bond motifs is 1. The number of amides is 2. The summed E-state index contributed by atoms with van der Waals surface area (Å²) in [5, 5.41) is 27.1. The van der Waals surface area contributed by atoms with Crippen LogP contribution in [0.1, 0.15) is 56.6 Å². The van der Waals surface area contributed by atoms with Crippen molar-refractivity contribution in [2.45, 2.75) is 51.0 Å². The van der Waals surface area contributed by atoms with Gasteiger partial charge in [-0.3, -0.25) is 14.4 Å². The highest BCUT2D eigenvalue weighted by Crippen LogP contribution is 2.47. The van der Waals surface area contributed by atoms with Gasteiger partial charge in [0.25, 0.3) is 5.91 Å². The minimum Gasteiger partial charge on any atom is -0.469 e. The second kappa shape index (κ2) is 12.4. The maximum Gasteiger partial charge on any atom is 0.305 e. The third-order valence-electron chi connectivity index (χ3n) is 7.26. The van der Waals surface area contributed by atoms with Crippen molar-refractivity contribution in [3.63, 3.8) is 0 Å². The molecule has 9 nitrogen and oxygen atoms in total. The number of carbonyl (C=O) groups is 3. The molecule has 0 aliphatic carbocycles. The van der Waals surface area contributed by atoms with Gasteiger partial charge in [0.1, 0.15) is 0 Å². The molecule has 2 aromatic rings. The van der Waals surface area contributed by atoms with Crippen molar-refractivity contribution >= 4 is 34.9 Å². The number of nitrogens with zero attached hydrogens (tertiary/aromatic N) is 3. The highest BCUT2D eigenvalue weighted by Gasteiger charge is 2.52. The number of hydrazone groups is 1. The van der Waals surface area contributed by atoms with Crippen molar-refractivity contribution in [1.29, 1.82) is 0 Å². The largest absolute Gasteiger partial charge is 0.469 e. The van der Waals surface area contributed by atoms with Gasteiger partial charge >= 0.3 is 5.97 Å². The van der Waals surface area contributed by atoms with E-state index in [4.69, 9.17) is 4.74 Å². The van der Waals surface area contributed by atoms with Gasteiger partial charge in [-0.25, -0.2) is 5.01 Å². The zero-order valence-corrected chi connectivity index (χ0v) is 22.4. The van der Waals surface area contributed by atoms with Gasteiger partial charge in [0.15, 0.2) is 5.60 Å². The number of carbonyl (C=O) groups excluding carboxylic acids is 3. The predicted octanol–water partition coefficient (Wildman–Crippen LogP) is 3.67. The molecule has 0 fully saturated rings. The molecule has 0 radical (unpaired) electrons. The monoisotopic (exact) mass is 533 g/mol. The van der Waals surface area contributed by atoms with Crippen LogP contribution in [0.2, 0.25) is 0 Å². The Morgan fingerprint density at radius 1 is 1.15 bits per heavy atom. The summed E-state index contributed by atoms with van der Waals surface area (Å²) >= 11 is 0. The Morgan fingerprint density at radius 3 is 2.64 bits per heavy atom. The number of benzene rings is 2. The van der Waals surface area contributed by atoms with Crippen LogP contribution in [0, 0.1) is 5.92 Å². The number of hydrogen-bond donors (Lipinski definition) is 2. The Morgan fingerprint density at radius 2 is 1.92 bits per heavy atom. The van der Waals surface area contributed by atoms with Crippen LogP contribution in [-0.2, 0) is 24.7 Å². The molecule has 0 bridgehead atoms. The Bertz CT molecular complexity index is 1270. The van der Waals surface area contributed by atoms with Crippen molar-refractivity contribution in [3.8, 4) is 0 Å². The lowest BCUT2D eigenvalue weighted by molar-refractivity contribution is -0.140. The van der Waals surface area contributed by atoms with Gasteiger partial charge < -0.3 is 19.8 Å². The SMILES string of the molecule is COC(=O)CCCCN1C(=O)[C@](O)([C@H](C)/C=C/CCO)c2cc(N3N=C(c4ccccc4)CCC3=O)ccc21. The van der Waals surface area contributed by atoms with E-state index in [0.717, 1.165) is 11.3 Å². The molecule has 0 spiro atoms. The van der Waals surface area contributed by atoms with Crippen LogP contribution in [0.15, 0.2) is 65.8 Å². The summed E-state index contributed by atoms with van der Waals surface area (Å²) in [6.45, 7) is 2.03. The van der Waals surface area contributed by atoms with Crippen LogP contribution in [-0.4, -0.2) is 54.0 Å². The number of unbranched alkanes of at least 4 members (excludes halogenated alkanes) is 1.